The maximum atomic E-state index is 5.87. The van der Waals surface area contributed by atoms with Gasteiger partial charge in [-0.25, -0.2) is 4.98 Å². The predicted molar refractivity (Wildman–Crippen MR) is 80.0 cm³/mol. The molecular weight excluding hydrogens is 294 g/mol. The van der Waals surface area contributed by atoms with Crippen LogP contribution in [0.3, 0.4) is 0 Å². The molecule has 0 bridgehead atoms. The molecule has 0 unspecified atom stereocenters. The molecule has 0 N–H and O–H groups in total. The lowest BCUT2D eigenvalue weighted by molar-refractivity contribution is 0.320. The molecule has 0 aliphatic rings. The van der Waals surface area contributed by atoms with Gasteiger partial charge in [0.2, 0.25) is 11.6 Å². The lowest BCUT2D eigenvalue weighted by Crippen LogP contribution is -1.97. The quantitative estimate of drug-likeness (QED) is 0.762. The molecule has 0 amide bonds. The van der Waals surface area contributed by atoms with Crippen molar-refractivity contribution in [3.05, 3.63) is 36.0 Å². The summed E-state index contributed by atoms with van der Waals surface area (Å²) in [4.78, 5) is 4.18. The summed E-state index contributed by atoms with van der Waals surface area (Å²) >= 11 is 5.87. The highest BCUT2D eigenvalue weighted by atomic mass is 35.5. The molecule has 0 saturated heterocycles. The van der Waals surface area contributed by atoms with Gasteiger partial charge >= 0.3 is 0 Å². The molecule has 0 radical (unpaired) electrons. The molecule has 1 aromatic carbocycles. The van der Waals surface area contributed by atoms with Crippen LogP contribution in [0.5, 0.6) is 28.9 Å². The monoisotopic (exact) mass is 309 g/mol. The van der Waals surface area contributed by atoms with E-state index in [0.717, 1.165) is 5.56 Å². The SMILES string of the molecule is COc1cc(Oc2ncccc2CCl)cc(OC)c1OC. The number of halogens is 1. The van der Waals surface area contributed by atoms with E-state index in [1.807, 2.05) is 6.07 Å². The van der Waals surface area contributed by atoms with E-state index in [-0.39, 0.29) is 0 Å². The summed E-state index contributed by atoms with van der Waals surface area (Å²) in [6, 6.07) is 7.06. The van der Waals surface area contributed by atoms with Crippen molar-refractivity contribution in [2.45, 2.75) is 5.88 Å². The van der Waals surface area contributed by atoms with Gasteiger partial charge in [-0.1, -0.05) is 6.07 Å². The van der Waals surface area contributed by atoms with Crippen LogP contribution in [0.15, 0.2) is 30.5 Å². The fourth-order valence-corrected chi connectivity index (χ4v) is 2.05. The van der Waals surface area contributed by atoms with Gasteiger partial charge in [0.25, 0.3) is 0 Å². The minimum absolute atomic E-state index is 0.313. The lowest BCUT2D eigenvalue weighted by atomic mass is 10.2. The van der Waals surface area contributed by atoms with Gasteiger partial charge in [-0.2, -0.15) is 0 Å². The van der Waals surface area contributed by atoms with Crippen molar-refractivity contribution < 1.29 is 18.9 Å². The highest BCUT2D eigenvalue weighted by Crippen LogP contribution is 2.42. The molecule has 1 heterocycles. The van der Waals surface area contributed by atoms with Crippen LogP contribution in [-0.4, -0.2) is 26.3 Å². The van der Waals surface area contributed by atoms with Crippen molar-refractivity contribution in [3.63, 3.8) is 0 Å². The van der Waals surface area contributed by atoms with Gasteiger partial charge < -0.3 is 18.9 Å². The zero-order chi connectivity index (χ0) is 15.2. The number of pyridine rings is 1. The van der Waals surface area contributed by atoms with Gasteiger partial charge in [-0.3, -0.25) is 0 Å². The first-order valence-electron chi connectivity index (χ1n) is 6.21. The van der Waals surface area contributed by atoms with Crippen molar-refractivity contribution in [1.82, 2.24) is 4.98 Å². The minimum atomic E-state index is 0.313. The first kappa shape index (κ1) is 15.3. The highest BCUT2D eigenvalue weighted by molar-refractivity contribution is 6.17. The van der Waals surface area contributed by atoms with E-state index in [4.69, 9.17) is 30.5 Å². The summed E-state index contributed by atoms with van der Waals surface area (Å²) in [6.45, 7) is 0. The second-order valence-corrected chi connectivity index (χ2v) is 4.33. The highest BCUT2D eigenvalue weighted by Gasteiger charge is 2.15. The van der Waals surface area contributed by atoms with Crippen molar-refractivity contribution in [3.8, 4) is 28.9 Å². The van der Waals surface area contributed by atoms with Crippen LogP contribution in [0.4, 0.5) is 0 Å². The Hall–Kier alpha value is -2.14. The van der Waals surface area contributed by atoms with Crippen LogP contribution in [-0.2, 0) is 5.88 Å². The third kappa shape index (κ3) is 3.31. The third-order valence-electron chi connectivity index (χ3n) is 2.85. The lowest BCUT2D eigenvalue weighted by Gasteiger charge is -2.14. The average molecular weight is 310 g/mol. The first-order valence-corrected chi connectivity index (χ1v) is 6.74. The zero-order valence-corrected chi connectivity index (χ0v) is 12.8. The van der Waals surface area contributed by atoms with Gasteiger partial charge in [0.1, 0.15) is 5.75 Å². The molecule has 0 spiro atoms. The molecule has 6 heteroatoms. The van der Waals surface area contributed by atoms with Crippen LogP contribution in [0.2, 0.25) is 0 Å². The molecule has 5 nitrogen and oxygen atoms in total. The van der Waals surface area contributed by atoms with Gasteiger partial charge in [0, 0.05) is 23.9 Å². The predicted octanol–water partition coefficient (Wildman–Crippen LogP) is 3.64. The first-order chi connectivity index (χ1) is 10.2. The average Bonchev–Trinajstić information content (AvgIpc) is 2.54. The fourth-order valence-electron chi connectivity index (χ4n) is 1.85. The molecule has 2 aromatic rings. The molecule has 0 saturated carbocycles. The fraction of sp³-hybridized carbons (Fsp3) is 0.267. The smallest absolute Gasteiger partial charge is 0.223 e. The summed E-state index contributed by atoms with van der Waals surface area (Å²) in [7, 11) is 4.64. The number of hydrogen-bond donors (Lipinski definition) is 0. The number of methoxy groups -OCH3 is 3. The normalized spacial score (nSPS) is 10.1. The molecule has 0 aliphatic heterocycles. The Morgan fingerprint density at radius 1 is 1.05 bits per heavy atom. The topological polar surface area (TPSA) is 49.8 Å². The molecule has 0 atom stereocenters. The summed E-state index contributed by atoms with van der Waals surface area (Å²) in [5, 5.41) is 0. The van der Waals surface area contributed by atoms with Gasteiger partial charge in [-0.05, 0) is 6.07 Å². The van der Waals surface area contributed by atoms with Crippen LogP contribution in [0.1, 0.15) is 5.56 Å². The maximum absolute atomic E-state index is 5.87. The number of aromatic nitrogens is 1. The molecular formula is C15H16ClNO4. The van der Waals surface area contributed by atoms with Crippen LogP contribution < -0.4 is 18.9 Å². The summed E-state index contributed by atoms with van der Waals surface area (Å²) in [5.41, 5.74) is 0.799. The maximum Gasteiger partial charge on any atom is 0.223 e. The standard InChI is InChI=1S/C15H16ClNO4/c1-18-12-7-11(8-13(19-2)14(12)20-3)21-15-10(9-16)5-4-6-17-15/h4-8H,9H2,1-3H3. The molecule has 2 rings (SSSR count). The molecule has 0 aliphatic carbocycles. The molecule has 0 fully saturated rings. The van der Waals surface area contributed by atoms with E-state index < -0.39 is 0 Å². The second-order valence-electron chi connectivity index (χ2n) is 4.06. The van der Waals surface area contributed by atoms with Gasteiger partial charge in [0.15, 0.2) is 11.5 Å². The Labute approximate surface area is 128 Å². The Morgan fingerprint density at radius 2 is 1.71 bits per heavy atom. The van der Waals surface area contributed by atoms with E-state index in [9.17, 15) is 0 Å². The summed E-state index contributed by atoms with van der Waals surface area (Å²) < 4.78 is 21.6. The Bertz CT molecular complexity index is 593. The molecule has 112 valence electrons. The Balaban J connectivity index is 2.40. The van der Waals surface area contributed by atoms with Crippen LogP contribution in [0.25, 0.3) is 0 Å². The van der Waals surface area contributed by atoms with Crippen molar-refractivity contribution >= 4 is 11.6 Å². The number of nitrogens with zero attached hydrogens (tertiary/aromatic N) is 1. The van der Waals surface area contributed by atoms with E-state index in [1.165, 1.54) is 0 Å². The summed E-state index contributed by atoms with van der Waals surface area (Å²) in [5.74, 6) is 2.81. The van der Waals surface area contributed by atoms with E-state index in [2.05, 4.69) is 4.98 Å². The number of ether oxygens (including phenoxy) is 4. The second kappa shape index (κ2) is 7.04. The van der Waals surface area contributed by atoms with E-state index in [1.54, 1.807) is 45.7 Å². The van der Waals surface area contributed by atoms with E-state index in [0.29, 0.717) is 34.8 Å². The summed E-state index contributed by atoms with van der Waals surface area (Å²) in [6.07, 6.45) is 1.64. The third-order valence-corrected chi connectivity index (χ3v) is 3.13. The Kier molecular flexibility index (Phi) is 5.11. The zero-order valence-electron chi connectivity index (χ0n) is 12.1. The minimum Gasteiger partial charge on any atom is -0.493 e. The Morgan fingerprint density at radius 3 is 2.24 bits per heavy atom. The van der Waals surface area contributed by atoms with Crippen molar-refractivity contribution in [2.75, 3.05) is 21.3 Å². The van der Waals surface area contributed by atoms with Gasteiger partial charge in [0.05, 0.1) is 27.2 Å². The van der Waals surface area contributed by atoms with Crippen molar-refractivity contribution in [2.24, 2.45) is 0 Å². The number of hydrogen-bond acceptors (Lipinski definition) is 5. The van der Waals surface area contributed by atoms with Gasteiger partial charge in [-0.15, -0.1) is 11.6 Å². The molecule has 1 aromatic heterocycles. The number of rotatable bonds is 6. The van der Waals surface area contributed by atoms with Crippen molar-refractivity contribution in [1.29, 1.82) is 0 Å². The number of benzene rings is 1. The van der Waals surface area contributed by atoms with E-state index >= 15 is 0 Å². The number of alkyl halides is 1. The van der Waals surface area contributed by atoms with Crippen LogP contribution >= 0.6 is 11.6 Å². The molecule has 21 heavy (non-hydrogen) atoms. The van der Waals surface area contributed by atoms with Crippen LogP contribution in [0, 0.1) is 0 Å². The largest absolute Gasteiger partial charge is 0.493 e.